The molecule has 3 aromatic carbocycles. The van der Waals surface area contributed by atoms with Crippen molar-refractivity contribution < 1.29 is 17.9 Å². The predicted molar refractivity (Wildman–Crippen MR) is 125 cm³/mol. The number of nitrogens with zero attached hydrogens (tertiary/aromatic N) is 1. The second-order valence-corrected chi connectivity index (χ2v) is 9.85. The lowest BCUT2D eigenvalue weighted by Crippen LogP contribution is -2.23. The summed E-state index contributed by atoms with van der Waals surface area (Å²) in [6.07, 6.45) is 0.363. The summed E-state index contributed by atoms with van der Waals surface area (Å²) in [5, 5.41) is 6.01. The Morgan fingerprint density at radius 1 is 1.06 bits per heavy atom. The molecule has 32 heavy (non-hydrogen) atoms. The number of rotatable bonds is 7. The molecule has 0 saturated carbocycles. The van der Waals surface area contributed by atoms with E-state index in [0.29, 0.717) is 33.8 Å². The fourth-order valence-electron chi connectivity index (χ4n) is 3.57. The van der Waals surface area contributed by atoms with E-state index in [2.05, 4.69) is 4.98 Å². The maximum Gasteiger partial charge on any atom is 0.238 e. The summed E-state index contributed by atoms with van der Waals surface area (Å²) in [6, 6.07) is 19.6. The normalized spacial score (nSPS) is 12.6. The molecular weight excluding hydrogens is 446 g/mol. The molecule has 4 aromatic rings. The summed E-state index contributed by atoms with van der Waals surface area (Å²) in [6.45, 7) is 0. The van der Waals surface area contributed by atoms with Gasteiger partial charge in [0, 0.05) is 5.56 Å². The zero-order valence-corrected chi connectivity index (χ0v) is 18.8. The molecule has 164 valence electrons. The zero-order chi connectivity index (χ0) is 22.9. The van der Waals surface area contributed by atoms with E-state index in [1.165, 1.54) is 17.4 Å². The van der Waals surface area contributed by atoms with Crippen molar-refractivity contribution in [3.63, 3.8) is 0 Å². The van der Waals surface area contributed by atoms with Gasteiger partial charge in [0.15, 0.2) is 0 Å². The van der Waals surface area contributed by atoms with Crippen LogP contribution in [0, 0.1) is 0 Å². The first-order valence-corrected chi connectivity index (χ1v) is 12.1. The third kappa shape index (κ3) is 4.36. The Morgan fingerprint density at radius 3 is 2.34 bits per heavy atom. The molecule has 0 radical (unpaired) electrons. The minimum atomic E-state index is -3.99. The van der Waals surface area contributed by atoms with Crippen molar-refractivity contribution in [1.29, 1.82) is 0 Å². The van der Waals surface area contributed by atoms with Crippen LogP contribution in [0.5, 0.6) is 5.75 Å². The highest BCUT2D eigenvalue weighted by Crippen LogP contribution is 2.38. The van der Waals surface area contributed by atoms with Gasteiger partial charge in [-0.25, -0.2) is 18.5 Å². The average molecular weight is 468 g/mol. The zero-order valence-electron chi connectivity index (χ0n) is 17.2. The van der Waals surface area contributed by atoms with Gasteiger partial charge in [0.2, 0.25) is 15.9 Å². The van der Waals surface area contributed by atoms with Crippen LogP contribution < -0.4 is 15.6 Å². The number of fused-ring (bicyclic) bond motifs is 1. The Balaban J connectivity index is 1.85. The lowest BCUT2D eigenvalue weighted by molar-refractivity contribution is -0.119. The Hall–Kier alpha value is -3.27. The highest BCUT2D eigenvalue weighted by atomic mass is 32.2. The summed E-state index contributed by atoms with van der Waals surface area (Å²) >= 11 is 1.32. The number of methoxy groups -OCH3 is 1. The van der Waals surface area contributed by atoms with Crippen molar-refractivity contribution in [2.75, 3.05) is 7.11 Å². The lowest BCUT2D eigenvalue weighted by Gasteiger charge is -2.11. The molecule has 0 spiro atoms. The van der Waals surface area contributed by atoms with Crippen molar-refractivity contribution in [3.8, 4) is 16.9 Å². The molecule has 1 unspecified atom stereocenters. The number of ether oxygens (including phenoxy) is 1. The van der Waals surface area contributed by atoms with E-state index in [4.69, 9.17) is 15.6 Å². The van der Waals surface area contributed by atoms with Crippen LogP contribution in [-0.2, 0) is 21.2 Å². The number of primary amides is 1. The number of carbonyl (C=O) groups excluding carboxylic acids is 1. The van der Waals surface area contributed by atoms with Crippen LogP contribution in [0.15, 0.2) is 71.6 Å². The largest absolute Gasteiger partial charge is 0.497 e. The minimum absolute atomic E-state index is 0.0150. The number of hydrogen-bond acceptors (Lipinski definition) is 6. The van der Waals surface area contributed by atoms with Gasteiger partial charge in [-0.2, -0.15) is 0 Å². The van der Waals surface area contributed by atoms with Gasteiger partial charge in [0.25, 0.3) is 0 Å². The topological polar surface area (TPSA) is 125 Å². The summed E-state index contributed by atoms with van der Waals surface area (Å²) in [5.74, 6) is -0.456. The Labute approximate surface area is 189 Å². The van der Waals surface area contributed by atoms with E-state index < -0.39 is 21.8 Å². The molecule has 0 bridgehead atoms. The van der Waals surface area contributed by atoms with E-state index in [-0.39, 0.29) is 4.90 Å². The van der Waals surface area contributed by atoms with Crippen LogP contribution in [0.4, 0.5) is 0 Å². The fourth-order valence-corrected chi connectivity index (χ4v) is 5.41. The lowest BCUT2D eigenvalue weighted by atomic mass is 9.99. The van der Waals surface area contributed by atoms with E-state index >= 15 is 0 Å². The molecular formula is C23H21N3O4S2. The maximum atomic E-state index is 12.3. The Bertz CT molecular complexity index is 1380. The summed E-state index contributed by atoms with van der Waals surface area (Å²) in [5.41, 5.74) is 8.20. The molecule has 4 rings (SSSR count). The van der Waals surface area contributed by atoms with Gasteiger partial charge in [-0.15, -0.1) is 11.3 Å². The number of carbonyl (C=O) groups is 1. The first-order valence-electron chi connectivity index (χ1n) is 9.72. The number of amides is 1. The van der Waals surface area contributed by atoms with Crippen molar-refractivity contribution in [2.45, 2.75) is 17.2 Å². The molecule has 1 amide bonds. The number of sulfonamides is 1. The van der Waals surface area contributed by atoms with Crippen molar-refractivity contribution in [3.05, 3.63) is 77.3 Å². The van der Waals surface area contributed by atoms with Gasteiger partial charge >= 0.3 is 0 Å². The third-order valence-corrected chi connectivity index (χ3v) is 7.24. The van der Waals surface area contributed by atoms with Crippen LogP contribution in [0.2, 0.25) is 0 Å². The van der Waals surface area contributed by atoms with Crippen molar-refractivity contribution >= 4 is 37.5 Å². The number of thiazole rings is 1. The maximum absolute atomic E-state index is 12.3. The Morgan fingerprint density at radius 2 is 1.75 bits per heavy atom. The summed E-state index contributed by atoms with van der Waals surface area (Å²) in [4.78, 5) is 17.0. The number of primary sulfonamides is 1. The van der Waals surface area contributed by atoms with Gasteiger partial charge in [0.1, 0.15) is 10.8 Å². The predicted octanol–water partition coefficient (Wildman–Crippen LogP) is 3.43. The second kappa shape index (κ2) is 8.70. The number of benzene rings is 3. The molecule has 1 aromatic heterocycles. The van der Waals surface area contributed by atoms with Gasteiger partial charge in [-0.3, -0.25) is 4.79 Å². The quantitative estimate of drug-likeness (QED) is 0.431. The van der Waals surface area contributed by atoms with Gasteiger partial charge < -0.3 is 10.5 Å². The molecule has 1 heterocycles. The molecule has 0 fully saturated rings. The molecule has 9 heteroatoms. The first-order chi connectivity index (χ1) is 15.3. The van der Waals surface area contributed by atoms with Gasteiger partial charge in [0.05, 0.1) is 28.1 Å². The summed E-state index contributed by atoms with van der Waals surface area (Å²) < 4.78 is 30.5. The molecule has 0 saturated heterocycles. The van der Waals surface area contributed by atoms with Crippen LogP contribution >= 0.6 is 11.3 Å². The smallest absolute Gasteiger partial charge is 0.238 e. The molecule has 1 atom stereocenters. The van der Waals surface area contributed by atoms with Crippen LogP contribution in [0.1, 0.15) is 16.5 Å². The van der Waals surface area contributed by atoms with Gasteiger partial charge in [-0.05, 0) is 41.8 Å². The highest BCUT2D eigenvalue weighted by molar-refractivity contribution is 7.89. The Kier molecular flexibility index (Phi) is 5.96. The number of hydrogen-bond donors (Lipinski definition) is 2. The number of nitrogens with two attached hydrogens (primary N) is 2. The molecule has 0 aliphatic heterocycles. The molecule has 7 nitrogen and oxygen atoms in total. The van der Waals surface area contributed by atoms with Crippen LogP contribution in [0.3, 0.4) is 0 Å². The van der Waals surface area contributed by atoms with Gasteiger partial charge in [-0.1, -0.05) is 42.5 Å². The minimum Gasteiger partial charge on any atom is -0.497 e. The van der Waals surface area contributed by atoms with Crippen molar-refractivity contribution in [2.24, 2.45) is 10.9 Å². The molecule has 4 N–H and O–H groups in total. The van der Waals surface area contributed by atoms with E-state index in [1.54, 1.807) is 25.3 Å². The monoisotopic (exact) mass is 467 g/mol. The van der Waals surface area contributed by atoms with E-state index in [9.17, 15) is 13.2 Å². The highest BCUT2D eigenvalue weighted by Gasteiger charge is 2.26. The second-order valence-electron chi connectivity index (χ2n) is 7.26. The third-order valence-electron chi connectivity index (χ3n) is 5.15. The van der Waals surface area contributed by atoms with Crippen molar-refractivity contribution in [1.82, 2.24) is 4.98 Å². The fraction of sp³-hybridized carbons (Fsp3) is 0.130. The average Bonchev–Trinajstić information content (AvgIpc) is 3.20. The first kappa shape index (κ1) is 21.9. The van der Waals surface area contributed by atoms with Crippen LogP contribution in [0.25, 0.3) is 21.3 Å². The summed E-state index contributed by atoms with van der Waals surface area (Å²) in [7, 11) is -2.41. The van der Waals surface area contributed by atoms with Crippen LogP contribution in [-0.4, -0.2) is 26.4 Å². The standard InChI is InChI=1S/C23H21N3O4S2/c1-30-16-9-7-14(8-10-16)13-17(22(24)27)23-26-21-18(31-23)11-12-19(32(25,28)29)20(21)15-5-3-2-4-6-15/h2-12,17H,13H2,1H3,(H2,24,27)(H2,25,28,29). The molecule has 0 aliphatic rings. The van der Waals surface area contributed by atoms with E-state index in [1.807, 2.05) is 42.5 Å². The number of aromatic nitrogens is 1. The van der Waals surface area contributed by atoms with E-state index in [0.717, 1.165) is 10.3 Å². The molecule has 0 aliphatic carbocycles. The SMILES string of the molecule is COc1ccc(CC(C(N)=O)c2nc3c(-c4ccccc4)c(S(N)(=O)=O)ccc3s2)cc1.